The monoisotopic (exact) mass is 461 g/mol. The first kappa shape index (κ1) is 21.3. The average Bonchev–Trinajstić information content (AvgIpc) is 3.21. The number of aryl methyl sites for hydroxylation is 3. The maximum atomic E-state index is 14.3. The lowest BCUT2D eigenvalue weighted by atomic mass is 9.61. The summed E-state index contributed by atoms with van der Waals surface area (Å²) in [5.74, 6) is 0.605. The van der Waals surface area contributed by atoms with Gasteiger partial charge in [-0.25, -0.2) is 4.39 Å². The highest BCUT2D eigenvalue weighted by molar-refractivity contribution is 5.90. The summed E-state index contributed by atoms with van der Waals surface area (Å²) < 4.78 is 23.8. The minimum Gasteiger partial charge on any atom is -0.490 e. The van der Waals surface area contributed by atoms with Crippen molar-refractivity contribution in [2.24, 2.45) is 12.5 Å². The summed E-state index contributed by atoms with van der Waals surface area (Å²) in [6.45, 7) is 5.09. The van der Waals surface area contributed by atoms with Gasteiger partial charge in [0.05, 0.1) is 11.5 Å². The smallest absolute Gasteiger partial charge is 0.258 e. The molecule has 0 radical (unpaired) electrons. The van der Waals surface area contributed by atoms with E-state index in [0.29, 0.717) is 23.0 Å². The Hall–Kier alpha value is -3.26. The number of ether oxygens (including phenoxy) is 1. The predicted molar refractivity (Wildman–Crippen MR) is 128 cm³/mol. The number of pyridine rings is 2. The molecule has 8 heteroatoms. The Morgan fingerprint density at radius 2 is 2.06 bits per heavy atom. The quantitative estimate of drug-likeness (QED) is 0.440. The van der Waals surface area contributed by atoms with E-state index in [-0.39, 0.29) is 17.5 Å². The van der Waals surface area contributed by atoms with Gasteiger partial charge < -0.3 is 14.2 Å². The van der Waals surface area contributed by atoms with E-state index < -0.39 is 0 Å². The number of hydrogen-bond donors (Lipinski definition) is 0. The van der Waals surface area contributed by atoms with Crippen LogP contribution in [0, 0.1) is 18.2 Å². The van der Waals surface area contributed by atoms with Gasteiger partial charge in [0.15, 0.2) is 5.65 Å². The third kappa shape index (κ3) is 3.57. The Morgan fingerprint density at radius 1 is 1.24 bits per heavy atom. The number of aromatic nitrogens is 4. The maximum Gasteiger partial charge on any atom is 0.258 e. The molecule has 7 nitrogen and oxygen atoms in total. The van der Waals surface area contributed by atoms with Gasteiger partial charge in [-0.3, -0.25) is 9.20 Å². The van der Waals surface area contributed by atoms with Gasteiger partial charge in [-0.2, -0.15) is 0 Å². The van der Waals surface area contributed by atoms with Crippen molar-refractivity contribution in [2.75, 3.05) is 19.6 Å². The second-order valence-corrected chi connectivity index (χ2v) is 10.1. The van der Waals surface area contributed by atoms with Crippen molar-refractivity contribution < 1.29 is 9.13 Å². The molecular formula is C26H28FN5O2. The molecule has 1 saturated heterocycles. The first-order valence-corrected chi connectivity index (χ1v) is 11.9. The van der Waals surface area contributed by atoms with Crippen molar-refractivity contribution in [3.05, 3.63) is 70.3 Å². The average molecular weight is 462 g/mol. The molecule has 1 spiro atoms. The molecule has 2 fully saturated rings. The van der Waals surface area contributed by atoms with Crippen LogP contribution in [0.3, 0.4) is 0 Å². The minimum atomic E-state index is -0.201. The van der Waals surface area contributed by atoms with E-state index in [4.69, 9.17) is 4.74 Å². The van der Waals surface area contributed by atoms with Crippen LogP contribution >= 0.6 is 0 Å². The first-order chi connectivity index (χ1) is 16.4. The zero-order valence-electron chi connectivity index (χ0n) is 19.5. The number of fused-ring (bicyclic) bond motifs is 2. The molecule has 0 bridgehead atoms. The summed E-state index contributed by atoms with van der Waals surface area (Å²) >= 11 is 0. The third-order valence-corrected chi connectivity index (χ3v) is 7.53. The highest BCUT2D eigenvalue weighted by Crippen LogP contribution is 2.50. The van der Waals surface area contributed by atoms with Crippen LogP contribution in [0.15, 0.2) is 47.8 Å². The fourth-order valence-electron chi connectivity index (χ4n) is 5.75. The van der Waals surface area contributed by atoms with E-state index in [9.17, 15) is 9.18 Å². The summed E-state index contributed by atoms with van der Waals surface area (Å²) in [5, 5.41) is 9.46. The van der Waals surface area contributed by atoms with E-state index in [1.165, 1.54) is 12.5 Å². The van der Waals surface area contributed by atoms with Crippen molar-refractivity contribution in [1.29, 1.82) is 0 Å². The Balaban J connectivity index is 1.01. The van der Waals surface area contributed by atoms with E-state index in [2.05, 4.69) is 15.1 Å². The summed E-state index contributed by atoms with van der Waals surface area (Å²) in [6.07, 6.45) is 8.67. The van der Waals surface area contributed by atoms with Crippen molar-refractivity contribution in [1.82, 2.24) is 24.1 Å². The van der Waals surface area contributed by atoms with Crippen molar-refractivity contribution in [2.45, 2.75) is 38.7 Å². The zero-order valence-corrected chi connectivity index (χ0v) is 19.5. The van der Waals surface area contributed by atoms with Crippen LogP contribution in [0.25, 0.3) is 16.4 Å². The van der Waals surface area contributed by atoms with Gasteiger partial charge in [0.25, 0.3) is 5.56 Å². The molecule has 176 valence electrons. The van der Waals surface area contributed by atoms with Crippen LogP contribution in [-0.4, -0.2) is 49.8 Å². The molecule has 0 N–H and O–H groups in total. The largest absolute Gasteiger partial charge is 0.490 e. The van der Waals surface area contributed by atoms with E-state index in [0.717, 1.165) is 61.0 Å². The predicted octanol–water partition coefficient (Wildman–Crippen LogP) is 3.50. The van der Waals surface area contributed by atoms with E-state index >= 15 is 0 Å². The van der Waals surface area contributed by atoms with Crippen LogP contribution in [0.5, 0.6) is 5.75 Å². The van der Waals surface area contributed by atoms with Crippen LogP contribution in [-0.2, 0) is 13.5 Å². The Bertz CT molecular complexity index is 1450. The van der Waals surface area contributed by atoms with Gasteiger partial charge in [-0.05, 0) is 68.5 Å². The lowest BCUT2D eigenvalue weighted by Gasteiger charge is -2.58. The molecule has 3 aromatic heterocycles. The van der Waals surface area contributed by atoms with Crippen LogP contribution in [0.4, 0.5) is 4.39 Å². The molecule has 2 aliphatic rings. The standard InChI is InChI=1S/C26H28FN5O2/c1-17-5-6-22(20-7-9-30(2)25(33)24(17)20)34-19-11-26(12-19)14-31(15-26)8-3-4-18-10-23-29-28-16-32(23)13-21(18)27/h5-7,9-10,13,16,19H,3-4,8,11-12,14-15H2,1-2H3. The number of halogens is 1. The van der Waals surface area contributed by atoms with Crippen LogP contribution in [0.1, 0.15) is 30.4 Å². The lowest BCUT2D eigenvalue weighted by molar-refractivity contribution is -0.118. The van der Waals surface area contributed by atoms with E-state index in [1.807, 2.05) is 25.1 Å². The molecule has 6 rings (SSSR count). The second kappa shape index (κ2) is 7.91. The van der Waals surface area contributed by atoms with Crippen LogP contribution in [0.2, 0.25) is 0 Å². The summed E-state index contributed by atoms with van der Waals surface area (Å²) in [6, 6.07) is 7.73. The SMILES string of the molecule is Cc1ccc(OC2CC3(C2)CN(CCCc2cc4nncn4cc2F)C3)c2ccn(C)c(=O)c12. The van der Waals surface area contributed by atoms with Gasteiger partial charge >= 0.3 is 0 Å². The topological polar surface area (TPSA) is 64.7 Å². The fourth-order valence-corrected chi connectivity index (χ4v) is 5.75. The molecule has 1 aliphatic heterocycles. The maximum absolute atomic E-state index is 14.3. The molecule has 4 heterocycles. The molecule has 0 unspecified atom stereocenters. The van der Waals surface area contributed by atoms with Gasteiger partial charge in [-0.1, -0.05) is 6.07 Å². The molecule has 1 aliphatic carbocycles. The van der Waals surface area contributed by atoms with Gasteiger partial charge in [-0.15, -0.1) is 10.2 Å². The molecule has 4 aromatic rings. The first-order valence-electron chi connectivity index (χ1n) is 11.9. The molecule has 0 atom stereocenters. The van der Waals surface area contributed by atoms with Crippen LogP contribution < -0.4 is 10.3 Å². The zero-order chi connectivity index (χ0) is 23.4. The van der Waals surface area contributed by atoms with Gasteiger partial charge in [0, 0.05) is 43.3 Å². The highest BCUT2D eigenvalue weighted by Gasteiger charge is 2.53. The molecular weight excluding hydrogens is 433 g/mol. The molecule has 1 saturated carbocycles. The Kier molecular flexibility index (Phi) is 4.95. The number of likely N-dealkylation sites (tertiary alicyclic amines) is 1. The Labute approximate surface area is 196 Å². The van der Waals surface area contributed by atoms with Crippen molar-refractivity contribution in [3.63, 3.8) is 0 Å². The summed E-state index contributed by atoms with van der Waals surface area (Å²) in [7, 11) is 1.78. The number of rotatable bonds is 6. The molecule has 1 aromatic carbocycles. The number of benzene rings is 1. The summed E-state index contributed by atoms with van der Waals surface area (Å²) in [5.41, 5.74) is 2.73. The Morgan fingerprint density at radius 3 is 2.88 bits per heavy atom. The summed E-state index contributed by atoms with van der Waals surface area (Å²) in [4.78, 5) is 15.0. The van der Waals surface area contributed by atoms with Gasteiger partial charge in [0.1, 0.15) is 17.9 Å². The minimum absolute atomic E-state index is 0.0152. The van der Waals surface area contributed by atoms with E-state index in [1.54, 1.807) is 28.3 Å². The highest BCUT2D eigenvalue weighted by atomic mass is 19.1. The number of nitrogens with zero attached hydrogens (tertiary/aromatic N) is 5. The number of hydrogen-bond acceptors (Lipinski definition) is 5. The molecule has 34 heavy (non-hydrogen) atoms. The van der Waals surface area contributed by atoms with Gasteiger partial charge in [0.2, 0.25) is 0 Å². The molecule has 0 amide bonds. The second-order valence-electron chi connectivity index (χ2n) is 10.1. The lowest BCUT2D eigenvalue weighted by Crippen LogP contribution is -2.64. The normalized spacial score (nSPS) is 17.9. The third-order valence-electron chi connectivity index (χ3n) is 7.53. The van der Waals surface area contributed by atoms with Crippen molar-refractivity contribution >= 4 is 16.4 Å². The fraction of sp³-hybridized carbons (Fsp3) is 0.423. The van der Waals surface area contributed by atoms with Crippen molar-refractivity contribution in [3.8, 4) is 5.75 Å².